The van der Waals surface area contributed by atoms with Crippen molar-refractivity contribution < 1.29 is 4.39 Å². The van der Waals surface area contributed by atoms with Crippen LogP contribution in [0, 0.1) is 5.82 Å². The molecule has 18 heavy (non-hydrogen) atoms. The molecule has 0 saturated carbocycles. The lowest BCUT2D eigenvalue weighted by Crippen LogP contribution is -2.16. The van der Waals surface area contributed by atoms with Crippen molar-refractivity contribution in [2.75, 3.05) is 6.54 Å². The van der Waals surface area contributed by atoms with Gasteiger partial charge in [-0.2, -0.15) is 0 Å². The van der Waals surface area contributed by atoms with Gasteiger partial charge in [-0.25, -0.2) is 4.39 Å². The van der Waals surface area contributed by atoms with Gasteiger partial charge in [0.15, 0.2) is 0 Å². The zero-order chi connectivity index (χ0) is 12.8. The van der Waals surface area contributed by atoms with Crippen LogP contribution >= 0.6 is 15.9 Å². The molecule has 0 aliphatic carbocycles. The van der Waals surface area contributed by atoms with Gasteiger partial charge in [-0.15, -0.1) is 0 Å². The second kappa shape index (κ2) is 6.66. The van der Waals surface area contributed by atoms with Crippen LogP contribution in [0.1, 0.15) is 11.1 Å². The SMILES string of the molecule is Fc1cc(Br)cc(CNCCc2ccccc2)c1. The number of hydrogen-bond acceptors (Lipinski definition) is 1. The van der Waals surface area contributed by atoms with Crippen LogP contribution in [0.25, 0.3) is 0 Å². The van der Waals surface area contributed by atoms with E-state index in [4.69, 9.17) is 0 Å². The molecule has 1 nitrogen and oxygen atoms in total. The van der Waals surface area contributed by atoms with Gasteiger partial charge in [0.2, 0.25) is 0 Å². The summed E-state index contributed by atoms with van der Waals surface area (Å²) in [6.45, 7) is 1.57. The lowest BCUT2D eigenvalue weighted by Gasteiger charge is -2.06. The summed E-state index contributed by atoms with van der Waals surface area (Å²) in [6, 6.07) is 15.3. The Kier molecular flexibility index (Phi) is 4.90. The van der Waals surface area contributed by atoms with E-state index < -0.39 is 0 Å². The van der Waals surface area contributed by atoms with Gasteiger partial charge in [-0.3, -0.25) is 0 Å². The Bertz CT molecular complexity index is 479. The van der Waals surface area contributed by atoms with E-state index >= 15 is 0 Å². The first kappa shape index (κ1) is 13.2. The third-order valence-electron chi connectivity index (χ3n) is 2.68. The normalized spacial score (nSPS) is 10.6. The minimum Gasteiger partial charge on any atom is -0.312 e. The second-order valence-corrected chi connectivity index (χ2v) is 5.11. The van der Waals surface area contributed by atoms with E-state index in [-0.39, 0.29) is 5.82 Å². The first-order chi connectivity index (χ1) is 8.74. The first-order valence-electron chi connectivity index (χ1n) is 5.93. The van der Waals surface area contributed by atoms with Gasteiger partial charge in [-0.05, 0) is 42.3 Å². The zero-order valence-electron chi connectivity index (χ0n) is 10.00. The Balaban J connectivity index is 1.78. The Labute approximate surface area is 115 Å². The number of hydrogen-bond donors (Lipinski definition) is 1. The molecule has 94 valence electrons. The molecule has 0 radical (unpaired) electrons. The molecule has 0 aromatic heterocycles. The Morgan fingerprint density at radius 2 is 1.78 bits per heavy atom. The van der Waals surface area contributed by atoms with E-state index in [1.807, 2.05) is 24.3 Å². The fourth-order valence-electron chi connectivity index (χ4n) is 1.82. The van der Waals surface area contributed by atoms with E-state index in [2.05, 4.69) is 33.4 Å². The van der Waals surface area contributed by atoms with Crippen LogP contribution in [0.2, 0.25) is 0 Å². The summed E-state index contributed by atoms with van der Waals surface area (Å²) < 4.78 is 13.9. The van der Waals surface area contributed by atoms with Crippen molar-refractivity contribution in [2.45, 2.75) is 13.0 Å². The van der Waals surface area contributed by atoms with Crippen LogP contribution in [-0.2, 0) is 13.0 Å². The van der Waals surface area contributed by atoms with Crippen molar-refractivity contribution in [1.29, 1.82) is 0 Å². The molecule has 1 N–H and O–H groups in total. The molecule has 3 heteroatoms. The van der Waals surface area contributed by atoms with Crippen LogP contribution in [-0.4, -0.2) is 6.54 Å². The van der Waals surface area contributed by atoms with Gasteiger partial charge >= 0.3 is 0 Å². The lowest BCUT2D eigenvalue weighted by atomic mass is 10.1. The van der Waals surface area contributed by atoms with Gasteiger partial charge in [0.1, 0.15) is 5.82 Å². The second-order valence-electron chi connectivity index (χ2n) is 4.19. The Hall–Kier alpha value is -1.19. The molecule has 0 amide bonds. The molecule has 0 heterocycles. The van der Waals surface area contributed by atoms with Crippen molar-refractivity contribution in [3.8, 4) is 0 Å². The average molecular weight is 308 g/mol. The topological polar surface area (TPSA) is 12.0 Å². The highest BCUT2D eigenvalue weighted by Gasteiger charge is 1.99. The predicted octanol–water partition coefficient (Wildman–Crippen LogP) is 3.92. The van der Waals surface area contributed by atoms with Gasteiger partial charge in [0, 0.05) is 11.0 Å². The van der Waals surface area contributed by atoms with Gasteiger partial charge in [0.05, 0.1) is 0 Å². The van der Waals surface area contributed by atoms with Crippen LogP contribution in [0.4, 0.5) is 4.39 Å². The molecule has 2 aromatic rings. The fourth-order valence-corrected chi connectivity index (χ4v) is 2.34. The molecule has 0 aliphatic heterocycles. The molecular formula is C15H15BrFN. The quantitative estimate of drug-likeness (QED) is 0.826. The number of nitrogens with one attached hydrogen (secondary N) is 1. The smallest absolute Gasteiger partial charge is 0.124 e. The molecular weight excluding hydrogens is 293 g/mol. The maximum Gasteiger partial charge on any atom is 0.124 e. The van der Waals surface area contributed by atoms with Gasteiger partial charge in [0.25, 0.3) is 0 Å². The monoisotopic (exact) mass is 307 g/mol. The van der Waals surface area contributed by atoms with E-state index in [0.29, 0.717) is 6.54 Å². The summed E-state index contributed by atoms with van der Waals surface area (Å²) >= 11 is 3.29. The van der Waals surface area contributed by atoms with Crippen molar-refractivity contribution in [3.63, 3.8) is 0 Å². The van der Waals surface area contributed by atoms with E-state index in [0.717, 1.165) is 23.0 Å². The third-order valence-corrected chi connectivity index (χ3v) is 3.14. The van der Waals surface area contributed by atoms with E-state index in [1.54, 1.807) is 6.07 Å². The zero-order valence-corrected chi connectivity index (χ0v) is 11.6. The molecule has 0 aliphatic rings. The van der Waals surface area contributed by atoms with Crippen LogP contribution in [0.5, 0.6) is 0 Å². The molecule has 0 saturated heterocycles. The number of rotatable bonds is 5. The summed E-state index contributed by atoms with van der Waals surface area (Å²) in [5, 5.41) is 3.32. The van der Waals surface area contributed by atoms with Crippen LogP contribution in [0.3, 0.4) is 0 Å². The third kappa shape index (κ3) is 4.24. The van der Waals surface area contributed by atoms with Crippen molar-refractivity contribution in [1.82, 2.24) is 5.32 Å². The fraction of sp³-hybridized carbons (Fsp3) is 0.200. The van der Waals surface area contributed by atoms with Crippen molar-refractivity contribution in [2.24, 2.45) is 0 Å². The highest BCUT2D eigenvalue weighted by atomic mass is 79.9. The maximum absolute atomic E-state index is 13.1. The standard InChI is InChI=1S/C15H15BrFN/c16-14-8-13(9-15(17)10-14)11-18-7-6-12-4-2-1-3-5-12/h1-5,8-10,18H,6-7,11H2. The lowest BCUT2D eigenvalue weighted by molar-refractivity contribution is 0.619. The molecule has 0 atom stereocenters. The summed E-state index contributed by atoms with van der Waals surface area (Å²) in [4.78, 5) is 0. The number of halogens is 2. The minimum absolute atomic E-state index is 0.204. The van der Waals surface area contributed by atoms with E-state index in [9.17, 15) is 4.39 Å². The highest BCUT2D eigenvalue weighted by Crippen LogP contribution is 2.14. The maximum atomic E-state index is 13.1. The molecule has 0 fully saturated rings. The Morgan fingerprint density at radius 1 is 1.00 bits per heavy atom. The molecule has 2 aromatic carbocycles. The van der Waals surface area contributed by atoms with Crippen LogP contribution in [0.15, 0.2) is 53.0 Å². The predicted molar refractivity (Wildman–Crippen MR) is 76.0 cm³/mol. The average Bonchev–Trinajstić information content (AvgIpc) is 2.35. The van der Waals surface area contributed by atoms with Crippen LogP contribution < -0.4 is 5.32 Å². The van der Waals surface area contributed by atoms with Crippen molar-refractivity contribution >= 4 is 15.9 Å². The summed E-state index contributed by atoms with van der Waals surface area (Å²) in [5.74, 6) is -0.204. The number of benzene rings is 2. The van der Waals surface area contributed by atoms with Gasteiger partial charge in [-0.1, -0.05) is 46.3 Å². The summed E-state index contributed by atoms with van der Waals surface area (Å²) in [6.07, 6.45) is 0.983. The summed E-state index contributed by atoms with van der Waals surface area (Å²) in [5.41, 5.74) is 2.26. The summed E-state index contributed by atoms with van der Waals surface area (Å²) in [7, 11) is 0. The molecule has 0 unspecified atom stereocenters. The van der Waals surface area contributed by atoms with Crippen molar-refractivity contribution in [3.05, 3.63) is 69.9 Å². The first-order valence-corrected chi connectivity index (χ1v) is 6.73. The minimum atomic E-state index is -0.204. The molecule has 0 spiro atoms. The Morgan fingerprint density at radius 3 is 2.50 bits per heavy atom. The van der Waals surface area contributed by atoms with Gasteiger partial charge < -0.3 is 5.32 Å². The molecule has 0 bridgehead atoms. The largest absolute Gasteiger partial charge is 0.312 e. The highest BCUT2D eigenvalue weighted by molar-refractivity contribution is 9.10. The van der Waals surface area contributed by atoms with E-state index in [1.165, 1.54) is 11.6 Å². The molecule has 2 rings (SSSR count).